The largest absolute Gasteiger partial charge is 0.344 e. The number of hydrogen-bond donors (Lipinski definition) is 3. The third kappa shape index (κ3) is 4.02. The predicted molar refractivity (Wildman–Crippen MR) is 96.6 cm³/mol. The van der Waals surface area contributed by atoms with E-state index >= 15 is 0 Å². The van der Waals surface area contributed by atoms with Gasteiger partial charge in [-0.15, -0.1) is 0 Å². The molecule has 146 valence electrons. The van der Waals surface area contributed by atoms with Crippen LogP contribution in [0.2, 0.25) is 0 Å². The van der Waals surface area contributed by atoms with Crippen molar-refractivity contribution in [3.63, 3.8) is 0 Å². The molecule has 0 unspecified atom stereocenters. The fraction of sp³-hybridized carbons (Fsp3) is 0.556. The van der Waals surface area contributed by atoms with Crippen LogP contribution in [0.25, 0.3) is 0 Å². The van der Waals surface area contributed by atoms with E-state index in [1.54, 1.807) is 25.2 Å². The summed E-state index contributed by atoms with van der Waals surface area (Å²) in [5, 5.41) is 5.43. The monoisotopic (exact) mass is 375 g/mol. The Labute approximate surface area is 157 Å². The van der Waals surface area contributed by atoms with Gasteiger partial charge in [0.1, 0.15) is 17.9 Å². The molecule has 0 aromatic carbocycles. The first-order chi connectivity index (χ1) is 12.9. The lowest BCUT2D eigenvalue weighted by atomic mass is 10.1. The topological polar surface area (TPSA) is 125 Å². The molecule has 3 aliphatic rings. The first-order valence-electron chi connectivity index (χ1n) is 9.23. The quantitative estimate of drug-likeness (QED) is 0.579. The number of nitrogens with two attached hydrogens (primary N) is 1. The molecule has 3 atom stereocenters. The Bertz CT molecular complexity index is 715. The predicted octanol–water partition coefficient (Wildman–Crippen LogP) is -1.04. The number of allylic oxidation sites excluding steroid dienone is 2. The van der Waals surface area contributed by atoms with Gasteiger partial charge in [0.15, 0.2) is 0 Å². The molecular formula is C18H25N5O4. The second kappa shape index (κ2) is 7.91. The number of amides is 4. The van der Waals surface area contributed by atoms with E-state index in [1.807, 2.05) is 0 Å². The Kier molecular flexibility index (Phi) is 5.59. The van der Waals surface area contributed by atoms with Gasteiger partial charge in [-0.3, -0.25) is 24.1 Å². The van der Waals surface area contributed by atoms with Crippen molar-refractivity contribution < 1.29 is 19.2 Å². The fourth-order valence-corrected chi connectivity index (χ4v) is 3.59. The Balaban J connectivity index is 1.69. The van der Waals surface area contributed by atoms with Gasteiger partial charge in [0, 0.05) is 19.5 Å². The molecule has 0 aromatic heterocycles. The summed E-state index contributed by atoms with van der Waals surface area (Å²) in [5.74, 6) is -0.644. The standard InChI is InChI=1S/C18H25N5O4/c1-11(19)17(26)22-10-4-5-13(22)16(25)21-14-6-2-3-9-23(14)18(27)12-7-8-15(24)20-12/h2-3,6,11-13H,4-5,7-10,19H2,1H3,(H,20,24)(H,21,25)/t11-,12-,13-/m0/s1. The summed E-state index contributed by atoms with van der Waals surface area (Å²) in [7, 11) is 0. The third-order valence-electron chi connectivity index (χ3n) is 5.01. The Morgan fingerprint density at radius 2 is 2.11 bits per heavy atom. The van der Waals surface area contributed by atoms with Gasteiger partial charge in [0.25, 0.3) is 5.91 Å². The zero-order valence-electron chi connectivity index (χ0n) is 15.3. The average molecular weight is 375 g/mol. The van der Waals surface area contributed by atoms with Gasteiger partial charge in [-0.1, -0.05) is 12.2 Å². The van der Waals surface area contributed by atoms with Crippen LogP contribution in [0.3, 0.4) is 0 Å². The summed E-state index contributed by atoms with van der Waals surface area (Å²) < 4.78 is 0. The molecule has 4 amide bonds. The molecule has 3 rings (SSSR count). The molecule has 2 fully saturated rings. The maximum absolute atomic E-state index is 12.8. The van der Waals surface area contributed by atoms with Gasteiger partial charge in [0.2, 0.25) is 17.7 Å². The van der Waals surface area contributed by atoms with Crippen LogP contribution in [0, 0.1) is 0 Å². The van der Waals surface area contributed by atoms with Crippen molar-refractivity contribution in [2.45, 2.75) is 50.7 Å². The van der Waals surface area contributed by atoms with Crippen molar-refractivity contribution in [1.29, 1.82) is 0 Å². The lowest BCUT2D eigenvalue weighted by molar-refractivity contribution is -0.139. The van der Waals surface area contributed by atoms with E-state index < -0.39 is 18.1 Å². The van der Waals surface area contributed by atoms with Crippen molar-refractivity contribution in [3.8, 4) is 0 Å². The van der Waals surface area contributed by atoms with E-state index in [9.17, 15) is 19.2 Å². The number of likely N-dealkylation sites (tertiary alicyclic amines) is 1. The van der Waals surface area contributed by atoms with E-state index in [0.29, 0.717) is 38.2 Å². The molecule has 9 heteroatoms. The van der Waals surface area contributed by atoms with Gasteiger partial charge >= 0.3 is 0 Å². The van der Waals surface area contributed by atoms with Gasteiger partial charge in [0.05, 0.1) is 6.04 Å². The van der Waals surface area contributed by atoms with E-state index in [0.717, 1.165) is 6.42 Å². The van der Waals surface area contributed by atoms with E-state index in [2.05, 4.69) is 10.6 Å². The van der Waals surface area contributed by atoms with Crippen molar-refractivity contribution in [3.05, 3.63) is 24.0 Å². The van der Waals surface area contributed by atoms with Crippen molar-refractivity contribution >= 4 is 23.6 Å². The average Bonchev–Trinajstić information content (AvgIpc) is 3.30. The minimum atomic E-state index is -0.667. The van der Waals surface area contributed by atoms with E-state index in [-0.39, 0.29) is 23.6 Å². The number of rotatable bonds is 4. The van der Waals surface area contributed by atoms with Crippen LogP contribution in [0.1, 0.15) is 32.6 Å². The van der Waals surface area contributed by atoms with Crippen molar-refractivity contribution in [2.24, 2.45) is 5.73 Å². The minimum Gasteiger partial charge on any atom is -0.344 e. The highest BCUT2D eigenvalue weighted by Gasteiger charge is 2.37. The summed E-state index contributed by atoms with van der Waals surface area (Å²) in [4.78, 5) is 52.1. The van der Waals surface area contributed by atoms with Crippen LogP contribution >= 0.6 is 0 Å². The molecule has 3 heterocycles. The zero-order valence-corrected chi connectivity index (χ0v) is 15.3. The van der Waals surface area contributed by atoms with Crippen LogP contribution in [-0.2, 0) is 19.2 Å². The highest BCUT2D eigenvalue weighted by atomic mass is 16.2. The second-order valence-electron chi connectivity index (χ2n) is 7.06. The Morgan fingerprint density at radius 1 is 1.33 bits per heavy atom. The lowest BCUT2D eigenvalue weighted by Gasteiger charge is -2.31. The summed E-state index contributed by atoms with van der Waals surface area (Å²) >= 11 is 0. The molecule has 3 aliphatic heterocycles. The fourth-order valence-electron chi connectivity index (χ4n) is 3.59. The summed E-state index contributed by atoms with van der Waals surface area (Å²) in [6.07, 6.45) is 7.24. The normalized spacial score (nSPS) is 25.9. The van der Waals surface area contributed by atoms with Crippen LogP contribution < -0.4 is 16.4 Å². The molecule has 0 aliphatic carbocycles. The number of hydrogen-bond acceptors (Lipinski definition) is 5. The van der Waals surface area contributed by atoms with Gasteiger partial charge in [-0.2, -0.15) is 0 Å². The number of nitrogens with zero attached hydrogens (tertiary/aromatic N) is 2. The highest BCUT2D eigenvalue weighted by molar-refractivity contribution is 5.94. The smallest absolute Gasteiger partial charge is 0.250 e. The third-order valence-corrected chi connectivity index (χ3v) is 5.01. The Morgan fingerprint density at radius 3 is 2.78 bits per heavy atom. The number of carbonyl (C=O) groups is 4. The molecule has 0 bridgehead atoms. The minimum absolute atomic E-state index is 0.147. The van der Waals surface area contributed by atoms with Crippen molar-refractivity contribution in [1.82, 2.24) is 20.4 Å². The molecule has 0 radical (unpaired) electrons. The SMILES string of the molecule is C[C@H](N)C(=O)N1CCC[C@H]1C(=O)NC1=CC=CCN1C(=O)[C@@H]1CCC(=O)N1. The number of nitrogens with one attached hydrogen (secondary N) is 2. The van der Waals surface area contributed by atoms with E-state index in [1.165, 1.54) is 9.80 Å². The van der Waals surface area contributed by atoms with Crippen molar-refractivity contribution in [2.75, 3.05) is 13.1 Å². The Hall–Kier alpha value is -2.68. The molecule has 0 spiro atoms. The molecule has 27 heavy (non-hydrogen) atoms. The zero-order chi connectivity index (χ0) is 19.6. The summed E-state index contributed by atoms with van der Waals surface area (Å²) in [5.41, 5.74) is 5.67. The summed E-state index contributed by atoms with van der Waals surface area (Å²) in [6, 6.07) is -1.84. The first kappa shape index (κ1) is 19.1. The molecular weight excluding hydrogens is 350 g/mol. The molecule has 0 saturated carbocycles. The highest BCUT2D eigenvalue weighted by Crippen LogP contribution is 2.20. The van der Waals surface area contributed by atoms with Gasteiger partial charge in [-0.05, 0) is 32.3 Å². The van der Waals surface area contributed by atoms with Crippen LogP contribution in [-0.4, -0.2) is 64.6 Å². The van der Waals surface area contributed by atoms with Crippen LogP contribution in [0.5, 0.6) is 0 Å². The van der Waals surface area contributed by atoms with Crippen LogP contribution in [0.4, 0.5) is 0 Å². The van der Waals surface area contributed by atoms with Crippen LogP contribution in [0.15, 0.2) is 24.0 Å². The number of carbonyl (C=O) groups excluding carboxylic acids is 4. The van der Waals surface area contributed by atoms with Gasteiger partial charge in [-0.25, -0.2) is 0 Å². The second-order valence-corrected chi connectivity index (χ2v) is 7.06. The first-order valence-corrected chi connectivity index (χ1v) is 9.23. The molecule has 0 aromatic rings. The maximum atomic E-state index is 12.8. The molecule has 9 nitrogen and oxygen atoms in total. The lowest BCUT2D eigenvalue weighted by Crippen LogP contribution is -2.53. The van der Waals surface area contributed by atoms with Gasteiger partial charge < -0.3 is 21.3 Å². The molecule has 2 saturated heterocycles. The maximum Gasteiger partial charge on any atom is 0.250 e. The van der Waals surface area contributed by atoms with E-state index in [4.69, 9.17) is 5.73 Å². The summed E-state index contributed by atoms with van der Waals surface area (Å²) in [6.45, 7) is 2.40. The molecule has 4 N–H and O–H groups in total.